The fourth-order valence-electron chi connectivity index (χ4n) is 1.94. The summed E-state index contributed by atoms with van der Waals surface area (Å²) in [5, 5.41) is 7.42. The predicted molar refractivity (Wildman–Crippen MR) is 89.5 cm³/mol. The van der Waals surface area contributed by atoms with E-state index in [0.717, 1.165) is 24.3 Å². The molecule has 0 spiro atoms. The monoisotopic (exact) mass is 386 g/mol. The first-order valence-electron chi connectivity index (χ1n) is 6.99. The minimum Gasteiger partial charge on any atom is -0.326 e. The number of amides is 1. The lowest BCUT2D eigenvalue weighted by atomic mass is 10.3. The molecule has 2 rings (SSSR count). The molecule has 0 unspecified atom stereocenters. The third-order valence-corrected chi connectivity index (χ3v) is 5.90. The van der Waals surface area contributed by atoms with Crippen molar-refractivity contribution in [2.24, 2.45) is 5.14 Å². The third-order valence-electron chi connectivity index (χ3n) is 3.24. The van der Waals surface area contributed by atoms with Gasteiger partial charge >= 0.3 is 0 Å². The van der Waals surface area contributed by atoms with Crippen molar-refractivity contribution in [1.82, 2.24) is 0 Å². The second-order valence-corrected chi connectivity index (χ2v) is 8.81. The molecule has 1 amide bonds. The van der Waals surface area contributed by atoms with E-state index in [1.807, 2.05) is 0 Å². The molecule has 0 aliphatic heterocycles. The van der Waals surface area contributed by atoms with Crippen molar-refractivity contribution in [1.29, 1.82) is 0 Å². The Balaban J connectivity index is 1.97. The van der Waals surface area contributed by atoms with E-state index in [1.165, 1.54) is 24.3 Å². The van der Waals surface area contributed by atoms with Gasteiger partial charge in [-0.3, -0.25) is 4.79 Å². The van der Waals surface area contributed by atoms with E-state index in [0.29, 0.717) is 5.69 Å². The molecule has 7 nitrogen and oxygen atoms in total. The molecule has 0 saturated carbocycles. The van der Waals surface area contributed by atoms with Crippen molar-refractivity contribution in [2.45, 2.75) is 16.2 Å². The number of hydrogen-bond acceptors (Lipinski definition) is 5. The van der Waals surface area contributed by atoms with Gasteiger partial charge in [-0.1, -0.05) is 0 Å². The molecule has 0 aliphatic rings. The molecule has 2 aromatic carbocycles. The minimum atomic E-state index is -3.83. The number of sulfone groups is 1. The van der Waals surface area contributed by atoms with Gasteiger partial charge in [-0.2, -0.15) is 0 Å². The molecule has 0 fully saturated rings. The Morgan fingerprint density at radius 2 is 1.44 bits per heavy atom. The summed E-state index contributed by atoms with van der Waals surface area (Å²) in [6.07, 6.45) is -0.309. The third kappa shape index (κ3) is 5.34. The summed E-state index contributed by atoms with van der Waals surface area (Å²) in [6, 6.07) is 9.45. The zero-order chi connectivity index (χ0) is 18.7. The SMILES string of the molecule is NS(=O)(=O)c1ccc(NC(=O)CCS(=O)(=O)c2ccc(F)cc2)cc1. The molecule has 25 heavy (non-hydrogen) atoms. The number of rotatable bonds is 6. The largest absolute Gasteiger partial charge is 0.326 e. The van der Waals surface area contributed by atoms with Crippen molar-refractivity contribution in [3.05, 3.63) is 54.3 Å². The van der Waals surface area contributed by atoms with Gasteiger partial charge in [-0.05, 0) is 48.5 Å². The summed E-state index contributed by atoms with van der Waals surface area (Å²) in [7, 11) is -7.54. The second kappa shape index (κ2) is 7.30. The predicted octanol–water partition coefficient (Wildman–Crippen LogP) is 1.28. The second-order valence-electron chi connectivity index (χ2n) is 5.14. The number of nitrogens with one attached hydrogen (secondary N) is 1. The van der Waals surface area contributed by atoms with Gasteiger partial charge in [0.2, 0.25) is 15.9 Å². The Labute approximate surface area is 144 Å². The van der Waals surface area contributed by atoms with Crippen molar-refractivity contribution in [3.8, 4) is 0 Å². The number of halogens is 1. The van der Waals surface area contributed by atoms with Crippen molar-refractivity contribution in [2.75, 3.05) is 11.1 Å². The number of sulfonamides is 1. The van der Waals surface area contributed by atoms with Crippen LogP contribution in [0.15, 0.2) is 58.3 Å². The lowest BCUT2D eigenvalue weighted by Gasteiger charge is -2.07. The van der Waals surface area contributed by atoms with Gasteiger partial charge in [-0.15, -0.1) is 0 Å². The molecule has 0 saturated heterocycles. The lowest BCUT2D eigenvalue weighted by molar-refractivity contribution is -0.115. The quantitative estimate of drug-likeness (QED) is 0.724. The molecule has 0 bridgehead atoms. The van der Waals surface area contributed by atoms with Crippen molar-refractivity contribution >= 4 is 31.5 Å². The van der Waals surface area contributed by atoms with Crippen LogP contribution in [0.1, 0.15) is 6.42 Å². The van der Waals surface area contributed by atoms with Crippen molar-refractivity contribution in [3.63, 3.8) is 0 Å². The van der Waals surface area contributed by atoms with Gasteiger partial charge < -0.3 is 5.32 Å². The van der Waals surface area contributed by atoms with Crippen LogP contribution in [-0.2, 0) is 24.7 Å². The summed E-state index contributed by atoms with van der Waals surface area (Å²) in [6.45, 7) is 0. The highest BCUT2D eigenvalue weighted by molar-refractivity contribution is 7.91. The van der Waals surface area contributed by atoms with Crippen LogP contribution in [0.3, 0.4) is 0 Å². The van der Waals surface area contributed by atoms with Crippen LogP contribution in [0, 0.1) is 5.82 Å². The van der Waals surface area contributed by atoms with Gasteiger partial charge in [0.05, 0.1) is 15.5 Å². The van der Waals surface area contributed by atoms with Gasteiger partial charge in [-0.25, -0.2) is 26.4 Å². The number of hydrogen-bond donors (Lipinski definition) is 2. The highest BCUT2D eigenvalue weighted by Gasteiger charge is 2.17. The van der Waals surface area contributed by atoms with Gasteiger partial charge in [0.1, 0.15) is 5.82 Å². The van der Waals surface area contributed by atoms with Crippen molar-refractivity contribution < 1.29 is 26.0 Å². The Kier molecular flexibility index (Phi) is 5.55. The smallest absolute Gasteiger partial charge is 0.238 e. The first-order valence-corrected chi connectivity index (χ1v) is 10.2. The molecule has 10 heteroatoms. The number of primary sulfonamides is 1. The maximum Gasteiger partial charge on any atom is 0.238 e. The van der Waals surface area contributed by atoms with Crippen LogP contribution in [0.2, 0.25) is 0 Å². The van der Waals surface area contributed by atoms with E-state index >= 15 is 0 Å². The molecule has 3 N–H and O–H groups in total. The Morgan fingerprint density at radius 3 is 1.96 bits per heavy atom. The van der Waals surface area contributed by atoms with E-state index in [2.05, 4.69) is 5.32 Å². The number of benzene rings is 2. The Hall–Kier alpha value is -2.30. The van der Waals surface area contributed by atoms with Crippen LogP contribution >= 0.6 is 0 Å². The van der Waals surface area contributed by atoms with Crippen LogP contribution in [0.25, 0.3) is 0 Å². The molecular weight excluding hydrogens is 371 g/mol. The topological polar surface area (TPSA) is 123 Å². The zero-order valence-electron chi connectivity index (χ0n) is 12.8. The van der Waals surface area contributed by atoms with Gasteiger partial charge in [0.15, 0.2) is 9.84 Å². The maximum absolute atomic E-state index is 12.8. The molecule has 2 aromatic rings. The summed E-state index contributed by atoms with van der Waals surface area (Å²) in [5.74, 6) is -1.56. The van der Waals surface area contributed by atoms with Crippen LogP contribution < -0.4 is 10.5 Å². The molecule has 134 valence electrons. The lowest BCUT2D eigenvalue weighted by Crippen LogP contribution is -2.17. The number of nitrogens with two attached hydrogens (primary N) is 1. The average Bonchev–Trinajstić information content (AvgIpc) is 2.53. The highest BCUT2D eigenvalue weighted by Crippen LogP contribution is 2.15. The number of carbonyl (C=O) groups excluding carboxylic acids is 1. The highest BCUT2D eigenvalue weighted by atomic mass is 32.2. The first-order chi connectivity index (χ1) is 11.6. The van der Waals surface area contributed by atoms with Crippen LogP contribution in [-0.4, -0.2) is 28.5 Å². The maximum atomic E-state index is 12.8. The van der Waals surface area contributed by atoms with E-state index in [9.17, 15) is 26.0 Å². The normalized spacial score (nSPS) is 11.9. The zero-order valence-corrected chi connectivity index (χ0v) is 14.5. The van der Waals surface area contributed by atoms with Gasteiger partial charge in [0.25, 0.3) is 0 Å². The van der Waals surface area contributed by atoms with Gasteiger partial charge in [0, 0.05) is 12.1 Å². The molecule has 0 radical (unpaired) electrons. The number of anilines is 1. The summed E-state index contributed by atoms with van der Waals surface area (Å²) < 4.78 is 59.2. The van der Waals surface area contributed by atoms with E-state index in [4.69, 9.17) is 5.14 Å². The Bertz CT molecular complexity index is 970. The molecular formula is C15H15FN2O5S2. The molecule has 0 aliphatic carbocycles. The van der Waals surface area contributed by atoms with Crippen LogP contribution in [0.4, 0.5) is 10.1 Å². The van der Waals surface area contributed by atoms with E-state index < -0.39 is 37.3 Å². The Morgan fingerprint density at radius 1 is 0.920 bits per heavy atom. The number of carbonyl (C=O) groups is 1. The fraction of sp³-hybridized carbons (Fsp3) is 0.133. The summed E-state index contributed by atoms with van der Waals surface area (Å²) in [4.78, 5) is 11.7. The molecule has 0 aromatic heterocycles. The first kappa shape index (κ1) is 19.0. The summed E-state index contributed by atoms with van der Waals surface area (Å²) >= 11 is 0. The van der Waals surface area contributed by atoms with E-state index in [-0.39, 0.29) is 16.2 Å². The summed E-state index contributed by atoms with van der Waals surface area (Å²) in [5.41, 5.74) is 0.302. The van der Waals surface area contributed by atoms with E-state index in [1.54, 1.807) is 0 Å². The van der Waals surface area contributed by atoms with Crippen LogP contribution in [0.5, 0.6) is 0 Å². The minimum absolute atomic E-state index is 0.0702. The fourth-order valence-corrected chi connectivity index (χ4v) is 3.69. The standard InChI is InChI=1S/C15H15FN2O5S2/c16-11-1-5-13(6-2-11)24(20,21)10-9-15(19)18-12-3-7-14(8-4-12)25(17,22)23/h1-8H,9-10H2,(H,18,19)(H2,17,22,23). The molecule has 0 heterocycles. The molecule has 0 atom stereocenters. The average molecular weight is 386 g/mol.